The zero-order chi connectivity index (χ0) is 4.91. The van der Waals surface area contributed by atoms with Crippen LogP contribution in [0.15, 0.2) is 0 Å². The van der Waals surface area contributed by atoms with E-state index in [1.165, 1.54) is 0 Å². The van der Waals surface area contributed by atoms with Crippen LogP contribution in [0.4, 0.5) is 0 Å². The van der Waals surface area contributed by atoms with Gasteiger partial charge < -0.3 is 0 Å². The fourth-order valence-corrected chi connectivity index (χ4v) is 0.347. The molecule has 4 heteroatoms. The monoisotopic (exact) mass is 104 g/mol. The van der Waals surface area contributed by atoms with Crippen LogP contribution >= 0.6 is 0 Å². The van der Waals surface area contributed by atoms with E-state index < -0.39 is 5.79 Å². The van der Waals surface area contributed by atoms with Crippen LogP contribution in [0.1, 0.15) is 6.92 Å². The molecule has 2 fully saturated rings. The third kappa shape index (κ3) is 0.450. The smallest absolute Gasteiger partial charge is 0.192 e. The molecule has 2 rings (SSSR count). The Morgan fingerprint density at radius 1 is 1.29 bits per heavy atom. The summed E-state index contributed by atoms with van der Waals surface area (Å²) in [5.74, 6) is -0.583. The Hall–Kier alpha value is -0.160. The first-order valence-electron chi connectivity index (χ1n) is 2.00. The van der Waals surface area contributed by atoms with E-state index >= 15 is 0 Å². The first-order valence-corrected chi connectivity index (χ1v) is 2.00. The van der Waals surface area contributed by atoms with Crippen molar-refractivity contribution in [1.82, 2.24) is 0 Å². The molecule has 0 amide bonds. The van der Waals surface area contributed by atoms with E-state index in [9.17, 15) is 0 Å². The molecular formula is C3H4O4. The summed E-state index contributed by atoms with van der Waals surface area (Å²) >= 11 is 0. The topological polar surface area (TPSA) is 50.1 Å². The number of hydrogen-bond donors (Lipinski definition) is 0. The van der Waals surface area contributed by atoms with Gasteiger partial charge in [0, 0.05) is 6.92 Å². The molecule has 2 saturated heterocycles. The Labute approximate surface area is 39.8 Å². The first-order chi connectivity index (χ1) is 3.31. The summed E-state index contributed by atoms with van der Waals surface area (Å²) in [6.45, 7) is 1.74. The lowest BCUT2D eigenvalue weighted by atomic mass is 10.4. The van der Waals surface area contributed by atoms with E-state index in [1.807, 2.05) is 0 Å². The van der Waals surface area contributed by atoms with Gasteiger partial charge in [-0.05, 0) is 0 Å². The molecule has 0 aromatic carbocycles. The lowest BCUT2D eigenvalue weighted by Crippen LogP contribution is -2.11. The Morgan fingerprint density at radius 3 is 2.00 bits per heavy atom. The van der Waals surface area contributed by atoms with Crippen LogP contribution in [0.25, 0.3) is 0 Å². The number of rotatable bonds is 1. The maximum absolute atomic E-state index is 4.47. The largest absolute Gasteiger partial charge is 0.287 e. The SMILES string of the molecule is CC1(C2OO2)OO1. The summed E-state index contributed by atoms with van der Waals surface area (Å²) in [5, 5.41) is 0. The summed E-state index contributed by atoms with van der Waals surface area (Å²) in [5.41, 5.74) is 0. The standard InChI is InChI=1S/C3H4O4/c1-3(6-7-3)2-4-5-2/h2H,1H3. The second kappa shape index (κ2) is 0.830. The van der Waals surface area contributed by atoms with Gasteiger partial charge in [-0.15, -0.1) is 0 Å². The molecule has 0 atom stereocenters. The third-order valence-electron chi connectivity index (χ3n) is 0.967. The summed E-state index contributed by atoms with van der Waals surface area (Å²) in [4.78, 5) is 17.7. The van der Waals surface area contributed by atoms with Crippen molar-refractivity contribution in [2.24, 2.45) is 0 Å². The second-order valence-electron chi connectivity index (χ2n) is 1.71. The van der Waals surface area contributed by atoms with Crippen molar-refractivity contribution >= 4 is 0 Å². The summed E-state index contributed by atoms with van der Waals surface area (Å²) in [7, 11) is 0. The van der Waals surface area contributed by atoms with Crippen molar-refractivity contribution in [2.75, 3.05) is 0 Å². The van der Waals surface area contributed by atoms with Crippen LogP contribution in [0.3, 0.4) is 0 Å². The molecule has 0 bridgehead atoms. The maximum atomic E-state index is 4.47. The van der Waals surface area contributed by atoms with Gasteiger partial charge in [0.1, 0.15) is 0 Å². The van der Waals surface area contributed by atoms with Crippen molar-refractivity contribution in [2.45, 2.75) is 19.0 Å². The highest BCUT2D eigenvalue weighted by Crippen LogP contribution is 2.40. The van der Waals surface area contributed by atoms with Crippen LogP contribution in [-0.4, -0.2) is 12.1 Å². The minimum atomic E-state index is -0.583. The van der Waals surface area contributed by atoms with Gasteiger partial charge in [0.2, 0.25) is 0 Å². The molecule has 4 nitrogen and oxygen atoms in total. The van der Waals surface area contributed by atoms with Crippen molar-refractivity contribution in [1.29, 1.82) is 0 Å². The second-order valence-corrected chi connectivity index (χ2v) is 1.71. The molecule has 0 aromatic rings. The molecule has 40 valence electrons. The Bertz CT molecular complexity index is 93.1. The van der Waals surface area contributed by atoms with Crippen molar-refractivity contribution < 1.29 is 19.6 Å². The Morgan fingerprint density at radius 2 is 1.86 bits per heavy atom. The molecule has 0 aliphatic carbocycles. The van der Waals surface area contributed by atoms with Gasteiger partial charge in [0.25, 0.3) is 12.1 Å². The molecule has 2 aliphatic heterocycles. The highest BCUT2D eigenvalue weighted by atomic mass is 17.5. The van der Waals surface area contributed by atoms with Crippen molar-refractivity contribution in [3.63, 3.8) is 0 Å². The van der Waals surface area contributed by atoms with E-state index in [1.54, 1.807) is 6.92 Å². The van der Waals surface area contributed by atoms with E-state index in [0.717, 1.165) is 0 Å². The van der Waals surface area contributed by atoms with E-state index in [4.69, 9.17) is 0 Å². The predicted octanol–water partition coefficient (Wildman–Crippen LogP) is -0.0477. The highest BCUT2D eigenvalue weighted by Gasteiger charge is 2.61. The van der Waals surface area contributed by atoms with E-state index in [-0.39, 0.29) is 6.29 Å². The van der Waals surface area contributed by atoms with Gasteiger partial charge in [-0.3, -0.25) is 0 Å². The molecule has 0 N–H and O–H groups in total. The van der Waals surface area contributed by atoms with Crippen LogP contribution in [0.2, 0.25) is 0 Å². The summed E-state index contributed by atoms with van der Waals surface area (Å²) in [6, 6.07) is 0. The van der Waals surface area contributed by atoms with Gasteiger partial charge >= 0.3 is 0 Å². The van der Waals surface area contributed by atoms with E-state index in [2.05, 4.69) is 19.6 Å². The average Bonchev–Trinajstić information content (AvgIpc) is 2.14. The maximum Gasteiger partial charge on any atom is 0.287 e. The normalized spacial score (nSPS) is 35.6. The lowest BCUT2D eigenvalue weighted by Gasteiger charge is -1.80. The van der Waals surface area contributed by atoms with Crippen molar-refractivity contribution in [3.8, 4) is 0 Å². The molecule has 7 heavy (non-hydrogen) atoms. The number of hydrogen-bond acceptors (Lipinski definition) is 4. The van der Waals surface area contributed by atoms with Crippen LogP contribution < -0.4 is 0 Å². The fourth-order valence-electron chi connectivity index (χ4n) is 0.347. The fraction of sp³-hybridized carbons (Fsp3) is 1.00. The summed E-state index contributed by atoms with van der Waals surface area (Å²) < 4.78 is 0. The quantitative estimate of drug-likeness (QED) is 0.345. The molecule has 0 radical (unpaired) electrons. The van der Waals surface area contributed by atoms with Crippen molar-refractivity contribution in [3.05, 3.63) is 0 Å². The molecular weight excluding hydrogens is 100 g/mol. The lowest BCUT2D eigenvalue weighted by molar-refractivity contribution is 0.0850. The summed E-state index contributed by atoms with van der Waals surface area (Å²) in [6.07, 6.45) is -0.285. The zero-order valence-corrected chi connectivity index (χ0v) is 3.71. The van der Waals surface area contributed by atoms with Gasteiger partial charge in [-0.25, -0.2) is 0 Å². The molecule has 0 aromatic heterocycles. The van der Waals surface area contributed by atoms with Crippen LogP contribution in [0, 0.1) is 0 Å². The molecule has 0 saturated carbocycles. The van der Waals surface area contributed by atoms with Gasteiger partial charge in [-0.2, -0.15) is 19.6 Å². The Balaban J connectivity index is 2.04. The Kier molecular flexibility index (Phi) is 0.450. The van der Waals surface area contributed by atoms with Gasteiger partial charge in [-0.1, -0.05) is 0 Å². The van der Waals surface area contributed by atoms with Gasteiger partial charge in [0.05, 0.1) is 0 Å². The minimum Gasteiger partial charge on any atom is -0.192 e. The predicted molar refractivity (Wildman–Crippen MR) is 16.5 cm³/mol. The highest BCUT2D eigenvalue weighted by molar-refractivity contribution is 4.74. The minimum absolute atomic E-state index is 0.285. The first kappa shape index (κ1) is 3.80. The van der Waals surface area contributed by atoms with Gasteiger partial charge in [0.15, 0.2) is 0 Å². The average molecular weight is 104 g/mol. The van der Waals surface area contributed by atoms with Crippen LogP contribution in [-0.2, 0) is 19.6 Å². The molecule has 0 spiro atoms. The molecule has 2 aliphatic rings. The third-order valence-corrected chi connectivity index (χ3v) is 0.967. The van der Waals surface area contributed by atoms with Crippen LogP contribution in [0.5, 0.6) is 0 Å². The molecule has 2 heterocycles. The zero-order valence-electron chi connectivity index (χ0n) is 3.71. The van der Waals surface area contributed by atoms with E-state index in [0.29, 0.717) is 0 Å². The molecule has 0 unspecified atom stereocenters.